The number of nitrogens with one attached hydrogen (secondary N) is 1. The molecular formula is C14H17ClN4OS. The lowest BCUT2D eigenvalue weighted by molar-refractivity contribution is -0.117. The van der Waals surface area contributed by atoms with Crippen molar-refractivity contribution in [2.75, 3.05) is 17.3 Å². The zero-order valence-corrected chi connectivity index (χ0v) is 13.2. The molecule has 0 fully saturated rings. The quantitative estimate of drug-likeness (QED) is 0.856. The summed E-state index contributed by atoms with van der Waals surface area (Å²) in [7, 11) is 0. The van der Waals surface area contributed by atoms with Crippen LogP contribution in [0.25, 0.3) is 5.69 Å². The van der Waals surface area contributed by atoms with Crippen molar-refractivity contribution in [3.05, 3.63) is 41.7 Å². The van der Waals surface area contributed by atoms with E-state index in [0.717, 1.165) is 11.4 Å². The van der Waals surface area contributed by atoms with E-state index in [9.17, 15) is 4.79 Å². The van der Waals surface area contributed by atoms with Gasteiger partial charge in [0.05, 0.1) is 16.8 Å². The van der Waals surface area contributed by atoms with Gasteiger partial charge in [-0.1, -0.05) is 11.6 Å². The molecule has 7 heteroatoms. The minimum atomic E-state index is -0.512. The maximum Gasteiger partial charge on any atom is 0.241 e. The number of halogens is 1. The third kappa shape index (κ3) is 4.23. The number of hydrogen-bond acceptors (Lipinski definition) is 4. The van der Waals surface area contributed by atoms with Gasteiger partial charge in [0.25, 0.3) is 0 Å². The average Bonchev–Trinajstić information content (AvgIpc) is 2.98. The summed E-state index contributed by atoms with van der Waals surface area (Å²) in [6, 6.07) is 6.58. The van der Waals surface area contributed by atoms with Crippen LogP contribution < -0.4 is 11.1 Å². The molecule has 1 heterocycles. The Morgan fingerprint density at radius 2 is 2.38 bits per heavy atom. The van der Waals surface area contributed by atoms with Gasteiger partial charge >= 0.3 is 0 Å². The van der Waals surface area contributed by atoms with E-state index in [0.29, 0.717) is 17.1 Å². The molecule has 0 saturated heterocycles. The summed E-state index contributed by atoms with van der Waals surface area (Å²) < 4.78 is 1.66. The molecule has 0 aliphatic heterocycles. The van der Waals surface area contributed by atoms with E-state index in [-0.39, 0.29) is 5.91 Å². The van der Waals surface area contributed by atoms with Gasteiger partial charge in [-0.2, -0.15) is 16.9 Å². The molecule has 3 N–H and O–H groups in total. The minimum absolute atomic E-state index is 0.202. The number of anilines is 1. The van der Waals surface area contributed by atoms with Crippen LogP contribution in [0.5, 0.6) is 0 Å². The predicted octanol–water partition coefficient (Wildman–Crippen LogP) is 2.54. The van der Waals surface area contributed by atoms with Crippen LogP contribution in [0.4, 0.5) is 5.69 Å². The second-order valence-electron chi connectivity index (χ2n) is 4.49. The lowest BCUT2D eigenvalue weighted by atomic mass is 10.2. The first-order valence-electron chi connectivity index (χ1n) is 6.46. The third-order valence-corrected chi connectivity index (χ3v) is 3.88. The van der Waals surface area contributed by atoms with E-state index >= 15 is 0 Å². The van der Waals surface area contributed by atoms with Gasteiger partial charge < -0.3 is 11.1 Å². The van der Waals surface area contributed by atoms with Crippen molar-refractivity contribution in [2.45, 2.75) is 12.5 Å². The van der Waals surface area contributed by atoms with Crippen LogP contribution in [0.1, 0.15) is 6.42 Å². The van der Waals surface area contributed by atoms with Crippen molar-refractivity contribution in [2.24, 2.45) is 5.73 Å². The Morgan fingerprint density at radius 1 is 1.57 bits per heavy atom. The summed E-state index contributed by atoms with van der Waals surface area (Å²) in [5.74, 6) is 0.653. The van der Waals surface area contributed by atoms with Gasteiger partial charge in [-0.15, -0.1) is 0 Å². The van der Waals surface area contributed by atoms with Crippen molar-refractivity contribution in [3.8, 4) is 5.69 Å². The number of rotatable bonds is 6. The highest BCUT2D eigenvalue weighted by Crippen LogP contribution is 2.24. The number of carbonyl (C=O) groups excluding carboxylic acids is 1. The molecule has 2 aromatic rings. The largest absolute Gasteiger partial charge is 0.325 e. The predicted molar refractivity (Wildman–Crippen MR) is 88.2 cm³/mol. The lowest BCUT2D eigenvalue weighted by Crippen LogP contribution is -2.36. The summed E-state index contributed by atoms with van der Waals surface area (Å²) in [4.78, 5) is 11.9. The minimum Gasteiger partial charge on any atom is -0.325 e. The fourth-order valence-corrected chi connectivity index (χ4v) is 2.55. The number of hydrogen-bond donors (Lipinski definition) is 2. The molecule has 5 nitrogen and oxygen atoms in total. The summed E-state index contributed by atoms with van der Waals surface area (Å²) >= 11 is 7.89. The Kier molecular flexibility index (Phi) is 5.67. The number of benzene rings is 1. The summed E-state index contributed by atoms with van der Waals surface area (Å²) in [6.07, 6.45) is 6.11. The van der Waals surface area contributed by atoms with Gasteiger partial charge in [0.15, 0.2) is 0 Å². The fourth-order valence-electron chi connectivity index (χ4n) is 1.79. The second-order valence-corrected chi connectivity index (χ2v) is 5.89. The van der Waals surface area contributed by atoms with E-state index in [1.807, 2.05) is 12.3 Å². The van der Waals surface area contributed by atoms with Gasteiger partial charge in [-0.05, 0) is 42.7 Å². The van der Waals surface area contributed by atoms with Crippen LogP contribution in [0.2, 0.25) is 5.02 Å². The number of thioether (sulfide) groups is 1. The molecule has 2 rings (SSSR count). The second kappa shape index (κ2) is 7.49. The van der Waals surface area contributed by atoms with E-state index in [1.165, 1.54) is 0 Å². The first-order chi connectivity index (χ1) is 10.1. The number of amides is 1. The maximum absolute atomic E-state index is 11.9. The highest BCUT2D eigenvalue weighted by atomic mass is 35.5. The van der Waals surface area contributed by atoms with Gasteiger partial charge in [0.2, 0.25) is 5.91 Å². The molecule has 0 bridgehead atoms. The van der Waals surface area contributed by atoms with Crippen LogP contribution in [-0.2, 0) is 4.79 Å². The SMILES string of the molecule is CSCC[C@H](N)C(=O)Nc1ccc(-n2cccn2)c(Cl)c1. The number of aromatic nitrogens is 2. The molecule has 0 saturated carbocycles. The Morgan fingerprint density at radius 3 is 3.00 bits per heavy atom. The van der Waals surface area contributed by atoms with Gasteiger partial charge in [0, 0.05) is 18.1 Å². The molecule has 0 aliphatic rings. The molecule has 0 aliphatic carbocycles. The number of nitrogens with zero attached hydrogens (tertiary/aromatic N) is 2. The molecule has 0 spiro atoms. The Balaban J connectivity index is 2.05. The molecule has 1 atom stereocenters. The molecular weight excluding hydrogens is 308 g/mol. The standard InChI is InChI=1S/C14H17ClN4OS/c1-21-8-5-12(16)14(20)18-10-3-4-13(11(15)9-10)19-7-2-6-17-19/h2-4,6-7,9,12H,5,8,16H2,1H3,(H,18,20)/t12-/m0/s1. The van der Waals surface area contributed by atoms with E-state index in [1.54, 1.807) is 47.0 Å². The molecule has 0 radical (unpaired) electrons. The Hall–Kier alpha value is -1.50. The van der Waals surface area contributed by atoms with Crippen LogP contribution in [0.15, 0.2) is 36.7 Å². The van der Waals surface area contributed by atoms with Crippen molar-refractivity contribution in [1.82, 2.24) is 9.78 Å². The summed E-state index contributed by atoms with van der Waals surface area (Å²) in [6.45, 7) is 0. The van der Waals surface area contributed by atoms with Gasteiger partial charge in [0.1, 0.15) is 0 Å². The van der Waals surface area contributed by atoms with Gasteiger partial charge in [-0.3, -0.25) is 4.79 Å². The monoisotopic (exact) mass is 324 g/mol. The molecule has 1 aromatic carbocycles. The zero-order chi connectivity index (χ0) is 15.2. The highest BCUT2D eigenvalue weighted by molar-refractivity contribution is 7.98. The maximum atomic E-state index is 11.9. The van der Waals surface area contributed by atoms with E-state index in [2.05, 4.69) is 10.4 Å². The molecule has 21 heavy (non-hydrogen) atoms. The molecule has 1 aromatic heterocycles. The number of carbonyl (C=O) groups is 1. The van der Waals surface area contributed by atoms with E-state index < -0.39 is 6.04 Å². The van der Waals surface area contributed by atoms with Crippen LogP contribution >= 0.6 is 23.4 Å². The smallest absolute Gasteiger partial charge is 0.241 e. The normalized spacial score (nSPS) is 12.1. The number of nitrogens with two attached hydrogens (primary N) is 1. The Labute approximate surface area is 132 Å². The summed E-state index contributed by atoms with van der Waals surface area (Å²) in [5, 5.41) is 7.41. The highest BCUT2D eigenvalue weighted by Gasteiger charge is 2.13. The first kappa shape index (κ1) is 15.9. The van der Waals surface area contributed by atoms with Crippen molar-refractivity contribution < 1.29 is 4.79 Å². The van der Waals surface area contributed by atoms with Crippen molar-refractivity contribution >= 4 is 35.0 Å². The zero-order valence-electron chi connectivity index (χ0n) is 11.6. The topological polar surface area (TPSA) is 72.9 Å². The summed E-state index contributed by atoms with van der Waals surface area (Å²) in [5.41, 5.74) is 7.21. The lowest BCUT2D eigenvalue weighted by Gasteiger charge is -2.13. The Bertz CT molecular complexity index is 603. The molecule has 0 unspecified atom stereocenters. The molecule has 1 amide bonds. The fraction of sp³-hybridized carbons (Fsp3) is 0.286. The molecule has 112 valence electrons. The van der Waals surface area contributed by atoms with Gasteiger partial charge in [-0.25, -0.2) is 4.68 Å². The average molecular weight is 325 g/mol. The van der Waals surface area contributed by atoms with Crippen LogP contribution in [0, 0.1) is 0 Å². The third-order valence-electron chi connectivity index (χ3n) is 2.94. The first-order valence-corrected chi connectivity index (χ1v) is 8.24. The van der Waals surface area contributed by atoms with E-state index in [4.69, 9.17) is 17.3 Å². The van der Waals surface area contributed by atoms with Crippen molar-refractivity contribution in [1.29, 1.82) is 0 Å². The van der Waals surface area contributed by atoms with Crippen LogP contribution in [0.3, 0.4) is 0 Å². The van der Waals surface area contributed by atoms with Crippen LogP contribution in [-0.4, -0.2) is 33.7 Å². The van der Waals surface area contributed by atoms with Crippen molar-refractivity contribution in [3.63, 3.8) is 0 Å².